The first-order chi connectivity index (χ1) is 9.65. The fourth-order valence-electron chi connectivity index (χ4n) is 2.28. The van der Waals surface area contributed by atoms with Gasteiger partial charge in [0.15, 0.2) is 0 Å². The highest BCUT2D eigenvalue weighted by Crippen LogP contribution is 2.27. The zero-order chi connectivity index (χ0) is 14.5. The summed E-state index contributed by atoms with van der Waals surface area (Å²) < 4.78 is 0. The van der Waals surface area contributed by atoms with Crippen LogP contribution in [0.1, 0.15) is 42.3 Å². The Balaban J connectivity index is 2.07. The molecule has 0 amide bonds. The van der Waals surface area contributed by atoms with Crippen LogP contribution in [0, 0.1) is 0 Å². The molecule has 0 saturated carbocycles. The van der Waals surface area contributed by atoms with Crippen LogP contribution in [0.2, 0.25) is 10.0 Å². The summed E-state index contributed by atoms with van der Waals surface area (Å²) in [4.78, 5) is 1.42. The Kier molecular flexibility index (Phi) is 5.91. The molecule has 1 atom stereocenters. The lowest BCUT2D eigenvalue weighted by Gasteiger charge is -2.18. The van der Waals surface area contributed by atoms with E-state index in [1.54, 1.807) is 0 Å². The maximum atomic E-state index is 6.10. The summed E-state index contributed by atoms with van der Waals surface area (Å²) in [5, 5.41) is 7.01. The van der Waals surface area contributed by atoms with Crippen LogP contribution in [0.15, 0.2) is 29.6 Å². The van der Waals surface area contributed by atoms with Gasteiger partial charge in [-0.2, -0.15) is 0 Å². The number of nitrogens with one attached hydrogen (secondary N) is 1. The Bertz CT molecular complexity index is 565. The second kappa shape index (κ2) is 7.46. The molecule has 0 aliphatic carbocycles. The minimum Gasteiger partial charge on any atom is -0.305 e. The van der Waals surface area contributed by atoms with Crippen molar-refractivity contribution in [1.82, 2.24) is 5.32 Å². The second-order valence-electron chi connectivity index (χ2n) is 4.74. The Morgan fingerprint density at radius 3 is 2.60 bits per heavy atom. The van der Waals surface area contributed by atoms with Gasteiger partial charge in [0.2, 0.25) is 0 Å². The van der Waals surface area contributed by atoms with Gasteiger partial charge in [-0.3, -0.25) is 0 Å². The molecule has 1 unspecified atom stereocenters. The number of aryl methyl sites for hydroxylation is 1. The van der Waals surface area contributed by atoms with Gasteiger partial charge in [-0.15, -0.1) is 11.3 Å². The van der Waals surface area contributed by atoms with Crippen LogP contribution in [0.3, 0.4) is 0 Å². The summed E-state index contributed by atoms with van der Waals surface area (Å²) in [6, 6.07) is 8.38. The minimum absolute atomic E-state index is 0.302. The number of benzene rings is 1. The van der Waals surface area contributed by atoms with E-state index in [1.807, 2.05) is 29.5 Å². The van der Waals surface area contributed by atoms with Crippen molar-refractivity contribution in [2.75, 3.05) is 0 Å². The van der Waals surface area contributed by atoms with E-state index < -0.39 is 0 Å². The van der Waals surface area contributed by atoms with Crippen LogP contribution < -0.4 is 5.32 Å². The van der Waals surface area contributed by atoms with Crippen molar-refractivity contribution in [3.05, 3.63) is 55.7 Å². The molecule has 1 N–H and O–H groups in total. The summed E-state index contributed by atoms with van der Waals surface area (Å²) in [6.07, 6.45) is 2.11. The maximum Gasteiger partial charge on any atom is 0.0595 e. The van der Waals surface area contributed by atoms with Gasteiger partial charge in [0.25, 0.3) is 0 Å². The molecular formula is C16H19Cl2NS. The number of halogens is 2. The molecule has 108 valence electrons. The Labute approximate surface area is 134 Å². The molecule has 1 aromatic heterocycles. The van der Waals surface area contributed by atoms with Crippen LogP contribution in [-0.4, -0.2) is 0 Å². The largest absolute Gasteiger partial charge is 0.305 e. The third-order valence-electron chi connectivity index (χ3n) is 3.48. The first-order valence-corrected chi connectivity index (χ1v) is 8.52. The van der Waals surface area contributed by atoms with Crippen molar-refractivity contribution in [2.24, 2.45) is 0 Å². The third kappa shape index (κ3) is 3.76. The molecule has 20 heavy (non-hydrogen) atoms. The Morgan fingerprint density at radius 1 is 1.15 bits per heavy atom. The lowest BCUT2D eigenvalue weighted by Crippen LogP contribution is -2.20. The highest BCUT2D eigenvalue weighted by atomic mass is 35.5. The summed E-state index contributed by atoms with van der Waals surface area (Å²) in [5.74, 6) is 0. The van der Waals surface area contributed by atoms with E-state index in [-0.39, 0.29) is 0 Å². The minimum atomic E-state index is 0.302. The highest BCUT2D eigenvalue weighted by Gasteiger charge is 2.12. The molecule has 0 aliphatic heterocycles. The van der Waals surface area contributed by atoms with Crippen LogP contribution in [0.4, 0.5) is 0 Å². The average Bonchev–Trinajstić information content (AvgIpc) is 2.90. The zero-order valence-electron chi connectivity index (χ0n) is 11.7. The van der Waals surface area contributed by atoms with Gasteiger partial charge >= 0.3 is 0 Å². The van der Waals surface area contributed by atoms with Crippen molar-refractivity contribution < 1.29 is 0 Å². The van der Waals surface area contributed by atoms with Gasteiger partial charge in [-0.1, -0.05) is 43.1 Å². The molecule has 1 heterocycles. The van der Waals surface area contributed by atoms with Gasteiger partial charge in [0, 0.05) is 17.5 Å². The van der Waals surface area contributed by atoms with Gasteiger partial charge in [0.1, 0.15) is 0 Å². The van der Waals surface area contributed by atoms with Crippen molar-refractivity contribution in [2.45, 2.75) is 39.3 Å². The molecule has 1 nitrogen and oxygen atoms in total. The molecule has 4 heteroatoms. The van der Waals surface area contributed by atoms with E-state index >= 15 is 0 Å². The van der Waals surface area contributed by atoms with Gasteiger partial charge in [0.05, 0.1) is 10.0 Å². The second-order valence-corrected chi connectivity index (χ2v) is 6.55. The standard InChI is InChI=1S/C16H19Cl2NS/c1-3-11-7-8-20-16(11)10-19-15(4-2)12-5-6-13(17)14(18)9-12/h5-9,15,19H,3-4,10H2,1-2H3. The number of thiophene rings is 1. The zero-order valence-corrected chi connectivity index (χ0v) is 14.1. The molecule has 0 aliphatic rings. The Hall–Kier alpha value is -0.540. The lowest BCUT2D eigenvalue weighted by atomic mass is 10.0. The summed E-state index contributed by atoms with van der Waals surface area (Å²) >= 11 is 13.9. The quantitative estimate of drug-likeness (QED) is 0.700. The van der Waals surface area contributed by atoms with Crippen molar-refractivity contribution in [3.8, 4) is 0 Å². The van der Waals surface area contributed by atoms with E-state index in [2.05, 4.69) is 30.6 Å². The molecule has 0 fully saturated rings. The fourth-order valence-corrected chi connectivity index (χ4v) is 3.51. The fraction of sp³-hybridized carbons (Fsp3) is 0.375. The topological polar surface area (TPSA) is 12.0 Å². The van der Waals surface area contributed by atoms with Gasteiger partial charge in [-0.05, 0) is 47.5 Å². The molecule has 2 rings (SSSR count). The normalized spacial score (nSPS) is 12.6. The molecule has 1 aromatic carbocycles. The summed E-state index contributed by atoms with van der Waals surface area (Å²) in [5.41, 5.74) is 2.63. The summed E-state index contributed by atoms with van der Waals surface area (Å²) in [7, 11) is 0. The van der Waals surface area contributed by atoms with Crippen LogP contribution in [0.5, 0.6) is 0 Å². The van der Waals surface area contributed by atoms with Crippen molar-refractivity contribution >= 4 is 34.5 Å². The number of hydrogen-bond acceptors (Lipinski definition) is 2. The first kappa shape index (κ1) is 15.8. The van der Waals surface area contributed by atoms with Crippen LogP contribution >= 0.6 is 34.5 Å². The van der Waals surface area contributed by atoms with Crippen molar-refractivity contribution in [1.29, 1.82) is 0 Å². The summed E-state index contributed by atoms with van der Waals surface area (Å²) in [6.45, 7) is 5.27. The molecule has 2 aromatic rings. The highest BCUT2D eigenvalue weighted by molar-refractivity contribution is 7.10. The van der Waals surface area contributed by atoms with Crippen LogP contribution in [0.25, 0.3) is 0 Å². The molecule has 0 radical (unpaired) electrons. The third-order valence-corrected chi connectivity index (χ3v) is 5.18. The average molecular weight is 328 g/mol. The van der Waals surface area contributed by atoms with Gasteiger partial charge in [-0.25, -0.2) is 0 Å². The predicted octanol–water partition coefficient (Wildman–Crippen LogP) is 5.86. The van der Waals surface area contributed by atoms with E-state index in [9.17, 15) is 0 Å². The number of hydrogen-bond donors (Lipinski definition) is 1. The van der Waals surface area contributed by atoms with E-state index in [1.165, 1.54) is 16.0 Å². The molecule has 0 spiro atoms. The van der Waals surface area contributed by atoms with Crippen molar-refractivity contribution in [3.63, 3.8) is 0 Å². The molecule has 0 saturated heterocycles. The van der Waals surface area contributed by atoms with Crippen LogP contribution in [-0.2, 0) is 13.0 Å². The monoisotopic (exact) mass is 327 g/mol. The van der Waals surface area contributed by atoms with E-state index in [0.717, 1.165) is 19.4 Å². The van der Waals surface area contributed by atoms with E-state index in [0.29, 0.717) is 16.1 Å². The molecular weight excluding hydrogens is 309 g/mol. The first-order valence-electron chi connectivity index (χ1n) is 6.89. The predicted molar refractivity (Wildman–Crippen MR) is 90.0 cm³/mol. The SMILES string of the molecule is CCc1ccsc1CNC(CC)c1ccc(Cl)c(Cl)c1. The van der Waals surface area contributed by atoms with E-state index in [4.69, 9.17) is 23.2 Å². The molecule has 0 bridgehead atoms. The Morgan fingerprint density at radius 2 is 1.95 bits per heavy atom. The number of rotatable bonds is 6. The maximum absolute atomic E-state index is 6.10. The van der Waals surface area contributed by atoms with Gasteiger partial charge < -0.3 is 5.32 Å². The lowest BCUT2D eigenvalue weighted by molar-refractivity contribution is 0.521. The smallest absolute Gasteiger partial charge is 0.0595 e.